The average Bonchev–Trinajstić information content (AvgIpc) is 2.62. The molecule has 0 bridgehead atoms. The molecule has 0 spiro atoms. The highest BCUT2D eigenvalue weighted by Crippen LogP contribution is 2.22. The van der Waals surface area contributed by atoms with Gasteiger partial charge in [-0.1, -0.05) is 48.5 Å². The fourth-order valence-corrected chi connectivity index (χ4v) is 3.39. The summed E-state index contributed by atoms with van der Waals surface area (Å²) >= 11 is 0. The summed E-state index contributed by atoms with van der Waals surface area (Å²) in [6.45, 7) is 2.00. The Bertz CT molecular complexity index is 1120. The zero-order valence-corrected chi connectivity index (χ0v) is 15.4. The summed E-state index contributed by atoms with van der Waals surface area (Å²) in [5.74, 6) is -0.449. The summed E-state index contributed by atoms with van der Waals surface area (Å²) in [6, 6.07) is 17.0. The lowest BCUT2D eigenvalue weighted by Gasteiger charge is -2.02. The van der Waals surface area contributed by atoms with E-state index in [2.05, 4.69) is 0 Å². The second-order valence-electron chi connectivity index (χ2n) is 4.90. The minimum atomic E-state index is -4.28. The summed E-state index contributed by atoms with van der Waals surface area (Å²) in [4.78, 5) is 7.48. The molecule has 0 fully saturated rings. The van der Waals surface area contributed by atoms with Gasteiger partial charge in [0.15, 0.2) is 0 Å². The summed E-state index contributed by atoms with van der Waals surface area (Å²) in [7, 11) is -8.41. The van der Waals surface area contributed by atoms with Crippen molar-refractivity contribution in [1.82, 2.24) is 0 Å². The first-order chi connectivity index (χ1) is 12.6. The Balaban J connectivity index is 0.000000254. The van der Waals surface area contributed by atoms with E-state index >= 15 is 0 Å². The molecule has 0 unspecified atom stereocenters. The predicted octanol–water partition coefficient (Wildman–Crippen LogP) is 2.54. The van der Waals surface area contributed by atoms with E-state index in [4.69, 9.17) is 19.0 Å². The van der Waals surface area contributed by atoms with Crippen LogP contribution in [0.4, 0.5) is 0 Å². The number of phenolic OH excluding ortho intramolecular Hbond substituents is 1. The van der Waals surface area contributed by atoms with Gasteiger partial charge in [-0.05, 0) is 23.6 Å². The van der Waals surface area contributed by atoms with Gasteiger partial charge in [-0.3, -0.25) is 9.11 Å². The maximum Gasteiger partial charge on any atom is 0.298 e. The first kappa shape index (κ1) is 22.3. The Morgan fingerprint density at radius 2 is 1.07 bits per heavy atom. The van der Waals surface area contributed by atoms with Crippen LogP contribution in [0.25, 0.3) is 10.8 Å². The molecule has 0 aliphatic heterocycles. The molecule has 0 atom stereocenters. The molecule has 27 heavy (non-hydrogen) atoms. The zero-order chi connectivity index (χ0) is 20.7. The van der Waals surface area contributed by atoms with Crippen molar-refractivity contribution in [2.45, 2.75) is 9.79 Å². The van der Waals surface area contributed by atoms with E-state index in [1.165, 1.54) is 24.3 Å². The summed E-state index contributed by atoms with van der Waals surface area (Å²) in [6.07, 6.45) is 0. The minimum absolute atomic E-state index is 0.0457. The summed E-state index contributed by atoms with van der Waals surface area (Å²) < 4.78 is 60.3. The van der Waals surface area contributed by atoms with Crippen LogP contribution < -0.4 is 0 Å². The van der Waals surface area contributed by atoms with Crippen LogP contribution in [0.15, 0.2) is 76.5 Å². The quantitative estimate of drug-likeness (QED) is 0.544. The highest BCUT2D eigenvalue weighted by Gasteiger charge is 2.13. The number of aromatic hydroxyl groups is 1. The molecule has 0 amide bonds. The maximum absolute atomic E-state index is 11.0. The van der Waals surface area contributed by atoms with Crippen molar-refractivity contribution in [3.05, 3.63) is 66.7 Å². The van der Waals surface area contributed by atoms with Gasteiger partial charge in [-0.15, -0.1) is 0 Å². The Labute approximate surface area is 156 Å². The van der Waals surface area contributed by atoms with Gasteiger partial charge < -0.3 is 9.90 Å². The van der Waals surface area contributed by atoms with Crippen LogP contribution in [0.3, 0.4) is 0 Å². The van der Waals surface area contributed by atoms with Gasteiger partial charge in [-0.25, -0.2) is 0 Å². The number of rotatable bonds is 2. The van der Waals surface area contributed by atoms with E-state index in [-0.39, 0.29) is 4.90 Å². The van der Waals surface area contributed by atoms with E-state index in [0.29, 0.717) is 5.39 Å². The van der Waals surface area contributed by atoms with Gasteiger partial charge in [0.25, 0.3) is 20.2 Å². The number of carbonyl (C=O) groups excluding carboxylic acids is 1. The predicted molar refractivity (Wildman–Crippen MR) is 98.8 cm³/mol. The third-order valence-electron chi connectivity index (χ3n) is 3.17. The van der Waals surface area contributed by atoms with Crippen LogP contribution in [0.5, 0.6) is 5.75 Å². The molecule has 0 aliphatic carbocycles. The molecule has 0 radical (unpaired) electrons. The third kappa shape index (κ3) is 6.15. The van der Waals surface area contributed by atoms with Gasteiger partial charge >= 0.3 is 0 Å². The van der Waals surface area contributed by atoms with Crippen molar-refractivity contribution in [2.75, 3.05) is 0 Å². The largest absolute Gasteiger partial charge is 0.506 e. The molecule has 3 N–H and O–H groups in total. The Morgan fingerprint density at radius 1 is 0.630 bits per heavy atom. The molecule has 3 aromatic carbocycles. The highest BCUT2D eigenvalue weighted by atomic mass is 32.2. The van der Waals surface area contributed by atoms with Crippen molar-refractivity contribution in [1.29, 1.82) is 0 Å². The average molecular weight is 412 g/mol. The normalized spacial score (nSPS) is 10.9. The molecule has 0 saturated carbocycles. The number of para-hydroxylation sites is 1. The smallest absolute Gasteiger partial charge is 0.298 e. The van der Waals surface area contributed by atoms with E-state index in [1.54, 1.807) is 30.3 Å². The third-order valence-corrected chi connectivity index (χ3v) is 4.98. The highest BCUT2D eigenvalue weighted by molar-refractivity contribution is 7.86. The van der Waals surface area contributed by atoms with Crippen molar-refractivity contribution < 1.29 is 35.8 Å². The van der Waals surface area contributed by atoms with Crippen LogP contribution in [0, 0.1) is 0 Å². The molecular formula is C17H16O8S2. The van der Waals surface area contributed by atoms with E-state index < -0.39 is 30.9 Å². The molecule has 0 saturated heterocycles. The van der Waals surface area contributed by atoms with Gasteiger partial charge in [0.2, 0.25) is 0 Å². The molecule has 3 aromatic rings. The lowest BCUT2D eigenvalue weighted by atomic mass is 10.1. The van der Waals surface area contributed by atoms with Gasteiger partial charge in [-0.2, -0.15) is 16.8 Å². The van der Waals surface area contributed by atoms with E-state index in [9.17, 15) is 16.8 Å². The van der Waals surface area contributed by atoms with Crippen LogP contribution in [0.2, 0.25) is 0 Å². The second kappa shape index (κ2) is 9.24. The molecule has 3 rings (SSSR count). The van der Waals surface area contributed by atoms with Gasteiger partial charge in [0.1, 0.15) is 22.3 Å². The molecular weight excluding hydrogens is 396 g/mol. The van der Waals surface area contributed by atoms with Crippen molar-refractivity contribution >= 4 is 37.8 Å². The maximum atomic E-state index is 11.0. The fourth-order valence-electron chi connectivity index (χ4n) is 2.10. The molecule has 0 heterocycles. The number of hydrogen-bond donors (Lipinski definition) is 3. The molecule has 10 heteroatoms. The SMILES string of the molecule is C=O.O=S(=O)(O)c1cccc2ccccc12.O=S(=O)(O)c1ccccc1O. The minimum Gasteiger partial charge on any atom is -0.506 e. The molecule has 144 valence electrons. The van der Waals surface area contributed by atoms with E-state index in [0.717, 1.165) is 11.5 Å². The van der Waals surface area contributed by atoms with Crippen LogP contribution in [-0.4, -0.2) is 37.8 Å². The number of carbonyl (C=O) groups is 1. The van der Waals surface area contributed by atoms with Crippen molar-refractivity contribution in [2.24, 2.45) is 0 Å². The number of phenols is 1. The molecule has 0 aliphatic rings. The number of fused-ring (bicyclic) bond motifs is 1. The van der Waals surface area contributed by atoms with Crippen molar-refractivity contribution in [3.8, 4) is 5.75 Å². The Morgan fingerprint density at radius 3 is 1.59 bits per heavy atom. The van der Waals surface area contributed by atoms with Crippen LogP contribution >= 0.6 is 0 Å². The summed E-state index contributed by atoms with van der Waals surface area (Å²) in [5, 5.41) is 10.2. The van der Waals surface area contributed by atoms with Crippen LogP contribution in [-0.2, 0) is 25.0 Å². The fraction of sp³-hybridized carbons (Fsp3) is 0. The standard InChI is InChI=1S/C10H8O3S.C6H6O4S.CH2O/c11-14(12,13)10-7-3-5-8-4-1-2-6-9(8)10;7-5-3-1-2-4-6(5)11(8,9)10;1-2/h1-7H,(H,11,12,13);1-4,7H,(H,8,9,10);1H2. The lowest BCUT2D eigenvalue weighted by Crippen LogP contribution is -1.98. The molecule has 0 aromatic heterocycles. The zero-order valence-electron chi connectivity index (χ0n) is 13.8. The molecule has 8 nitrogen and oxygen atoms in total. The first-order valence-electron chi connectivity index (χ1n) is 7.10. The monoisotopic (exact) mass is 412 g/mol. The Hall–Kier alpha value is -2.79. The first-order valence-corrected chi connectivity index (χ1v) is 9.98. The van der Waals surface area contributed by atoms with Gasteiger partial charge in [0, 0.05) is 5.39 Å². The van der Waals surface area contributed by atoms with Gasteiger partial charge in [0.05, 0.1) is 0 Å². The lowest BCUT2D eigenvalue weighted by molar-refractivity contribution is -0.0980. The summed E-state index contributed by atoms with van der Waals surface area (Å²) in [5.41, 5.74) is 0. The number of benzene rings is 3. The van der Waals surface area contributed by atoms with Crippen LogP contribution in [0.1, 0.15) is 0 Å². The van der Waals surface area contributed by atoms with Crippen molar-refractivity contribution in [3.63, 3.8) is 0 Å². The topological polar surface area (TPSA) is 146 Å². The number of hydrogen-bond acceptors (Lipinski definition) is 6. The Kier molecular flexibility index (Phi) is 7.61. The van der Waals surface area contributed by atoms with E-state index in [1.807, 2.05) is 12.9 Å². The second-order valence-corrected chi connectivity index (χ2v) is 7.68.